The van der Waals surface area contributed by atoms with E-state index < -0.39 is 0 Å². The van der Waals surface area contributed by atoms with Crippen LogP contribution < -0.4 is 5.32 Å². The molecular weight excluding hydrogens is 254 g/mol. The van der Waals surface area contributed by atoms with E-state index in [4.69, 9.17) is 11.6 Å². The molecule has 2 nitrogen and oxygen atoms in total. The average molecular weight is 276 g/mol. The van der Waals surface area contributed by atoms with Crippen molar-refractivity contribution in [2.24, 2.45) is 5.92 Å². The highest BCUT2D eigenvalue weighted by atomic mass is 35.5. The molecule has 98 valence electrons. The lowest BCUT2D eigenvalue weighted by Crippen LogP contribution is -2.33. The molecule has 0 aliphatic heterocycles. The fourth-order valence-electron chi connectivity index (χ4n) is 1.96. The lowest BCUT2D eigenvalue weighted by molar-refractivity contribution is 0.0990. The Kier molecular flexibility index (Phi) is 6.49. The number of hydrogen-bond acceptors (Lipinski definition) is 3. The zero-order valence-corrected chi connectivity index (χ0v) is 12.3. The van der Waals surface area contributed by atoms with Crippen LogP contribution >= 0.6 is 22.9 Å². The van der Waals surface area contributed by atoms with E-state index in [0.29, 0.717) is 12.5 Å². The van der Waals surface area contributed by atoms with E-state index in [1.54, 1.807) is 11.3 Å². The Bertz CT molecular complexity index is 325. The van der Waals surface area contributed by atoms with Gasteiger partial charge in [0.25, 0.3) is 0 Å². The second-order valence-corrected chi connectivity index (χ2v) is 6.16. The van der Waals surface area contributed by atoms with Crippen molar-refractivity contribution in [2.45, 2.75) is 45.8 Å². The standard InChI is InChI=1S/C13H22ClNOS/c1-4-10(5-2)11(16)8-15-9(3)12-6-7-13(14)17-12/h6-7,9-11,15-16H,4-5,8H2,1-3H3. The predicted molar refractivity (Wildman–Crippen MR) is 75.8 cm³/mol. The van der Waals surface area contributed by atoms with Gasteiger partial charge in [0.15, 0.2) is 0 Å². The number of hydrogen-bond donors (Lipinski definition) is 2. The van der Waals surface area contributed by atoms with Gasteiger partial charge >= 0.3 is 0 Å². The molecule has 1 aromatic rings. The third kappa shape index (κ3) is 4.59. The van der Waals surface area contributed by atoms with E-state index in [0.717, 1.165) is 17.2 Å². The second-order valence-electron chi connectivity index (χ2n) is 4.42. The topological polar surface area (TPSA) is 32.3 Å². The molecule has 2 atom stereocenters. The normalized spacial score (nSPS) is 15.2. The number of aliphatic hydroxyl groups excluding tert-OH is 1. The molecule has 0 aliphatic carbocycles. The van der Waals surface area contributed by atoms with Crippen LogP contribution in [-0.4, -0.2) is 17.8 Å². The van der Waals surface area contributed by atoms with Crippen LogP contribution in [-0.2, 0) is 0 Å². The molecular formula is C13H22ClNOS. The summed E-state index contributed by atoms with van der Waals surface area (Å²) in [7, 11) is 0. The first-order valence-electron chi connectivity index (χ1n) is 6.25. The van der Waals surface area contributed by atoms with Gasteiger partial charge in [-0.2, -0.15) is 0 Å². The summed E-state index contributed by atoms with van der Waals surface area (Å²) in [6.07, 6.45) is 1.79. The molecule has 0 spiro atoms. The second kappa shape index (κ2) is 7.37. The van der Waals surface area contributed by atoms with Crippen LogP contribution in [0, 0.1) is 5.92 Å². The molecule has 0 radical (unpaired) electrons. The number of thiophene rings is 1. The summed E-state index contributed by atoms with van der Waals surface area (Å²) in [6.45, 7) is 6.99. The summed E-state index contributed by atoms with van der Waals surface area (Å²) in [5.74, 6) is 0.390. The maximum absolute atomic E-state index is 10.0. The van der Waals surface area contributed by atoms with E-state index in [-0.39, 0.29) is 12.1 Å². The molecule has 0 fully saturated rings. The summed E-state index contributed by atoms with van der Waals surface area (Å²) in [5, 5.41) is 13.4. The monoisotopic (exact) mass is 275 g/mol. The predicted octanol–water partition coefficient (Wildman–Crippen LogP) is 3.85. The van der Waals surface area contributed by atoms with Crippen LogP contribution in [0.1, 0.15) is 44.5 Å². The van der Waals surface area contributed by atoms with Crippen LogP contribution in [0.5, 0.6) is 0 Å². The number of halogens is 1. The fourth-order valence-corrected chi connectivity index (χ4v) is 3.05. The minimum absolute atomic E-state index is 0.247. The van der Waals surface area contributed by atoms with E-state index in [1.807, 2.05) is 12.1 Å². The van der Waals surface area contributed by atoms with Crippen LogP contribution in [0.4, 0.5) is 0 Å². The van der Waals surface area contributed by atoms with Crippen molar-refractivity contribution < 1.29 is 5.11 Å². The van der Waals surface area contributed by atoms with Crippen LogP contribution in [0.3, 0.4) is 0 Å². The molecule has 2 unspecified atom stereocenters. The van der Waals surface area contributed by atoms with Crippen molar-refractivity contribution in [3.8, 4) is 0 Å². The summed E-state index contributed by atoms with van der Waals surface area (Å²) in [4.78, 5) is 1.21. The minimum Gasteiger partial charge on any atom is -0.392 e. The molecule has 0 bridgehead atoms. The van der Waals surface area contributed by atoms with Gasteiger partial charge in [-0.3, -0.25) is 0 Å². The highest BCUT2D eigenvalue weighted by molar-refractivity contribution is 7.16. The number of rotatable bonds is 7. The largest absolute Gasteiger partial charge is 0.392 e. The van der Waals surface area contributed by atoms with E-state index in [2.05, 4.69) is 26.1 Å². The fraction of sp³-hybridized carbons (Fsp3) is 0.692. The molecule has 17 heavy (non-hydrogen) atoms. The van der Waals surface area contributed by atoms with Gasteiger partial charge in [-0.15, -0.1) is 11.3 Å². The van der Waals surface area contributed by atoms with Crippen LogP contribution in [0.25, 0.3) is 0 Å². The van der Waals surface area contributed by atoms with Gasteiger partial charge in [-0.05, 0) is 25.0 Å². The Morgan fingerprint density at radius 3 is 2.47 bits per heavy atom. The highest BCUT2D eigenvalue weighted by Crippen LogP contribution is 2.26. The highest BCUT2D eigenvalue weighted by Gasteiger charge is 2.16. The first-order valence-corrected chi connectivity index (χ1v) is 7.44. The van der Waals surface area contributed by atoms with Crippen LogP contribution in [0.15, 0.2) is 12.1 Å². The Hall–Kier alpha value is -0.0900. The zero-order chi connectivity index (χ0) is 12.8. The van der Waals surface area contributed by atoms with E-state index in [1.165, 1.54) is 4.88 Å². The van der Waals surface area contributed by atoms with Gasteiger partial charge in [0, 0.05) is 17.5 Å². The quantitative estimate of drug-likeness (QED) is 0.792. The Morgan fingerprint density at radius 2 is 2.00 bits per heavy atom. The SMILES string of the molecule is CCC(CC)C(O)CNC(C)c1ccc(Cl)s1. The zero-order valence-electron chi connectivity index (χ0n) is 10.7. The van der Waals surface area contributed by atoms with Crippen molar-refractivity contribution in [2.75, 3.05) is 6.54 Å². The molecule has 0 saturated carbocycles. The Balaban J connectivity index is 2.40. The lowest BCUT2D eigenvalue weighted by atomic mass is 9.96. The van der Waals surface area contributed by atoms with Crippen molar-refractivity contribution in [1.82, 2.24) is 5.32 Å². The molecule has 0 aliphatic rings. The van der Waals surface area contributed by atoms with Gasteiger partial charge in [0.05, 0.1) is 10.4 Å². The molecule has 1 rings (SSSR count). The first kappa shape index (κ1) is 15.0. The number of nitrogens with one attached hydrogen (secondary N) is 1. The molecule has 1 heterocycles. The summed E-state index contributed by atoms with van der Waals surface area (Å²) < 4.78 is 0.814. The molecule has 0 saturated heterocycles. The molecule has 0 amide bonds. The molecule has 0 aromatic carbocycles. The van der Waals surface area contributed by atoms with Gasteiger partial charge in [0.2, 0.25) is 0 Å². The smallest absolute Gasteiger partial charge is 0.0931 e. The Morgan fingerprint density at radius 1 is 1.35 bits per heavy atom. The van der Waals surface area contributed by atoms with Gasteiger partial charge in [0.1, 0.15) is 0 Å². The third-order valence-electron chi connectivity index (χ3n) is 3.25. The van der Waals surface area contributed by atoms with Crippen molar-refractivity contribution in [3.05, 3.63) is 21.3 Å². The number of aliphatic hydroxyl groups is 1. The maximum atomic E-state index is 10.0. The average Bonchev–Trinajstić information content (AvgIpc) is 2.74. The molecule has 1 aromatic heterocycles. The molecule has 4 heteroatoms. The van der Waals surface area contributed by atoms with Gasteiger partial charge in [-0.25, -0.2) is 0 Å². The summed E-state index contributed by atoms with van der Waals surface area (Å²) in [6, 6.07) is 4.20. The van der Waals surface area contributed by atoms with Crippen LogP contribution in [0.2, 0.25) is 4.34 Å². The van der Waals surface area contributed by atoms with E-state index >= 15 is 0 Å². The first-order chi connectivity index (χ1) is 8.08. The van der Waals surface area contributed by atoms with Crippen molar-refractivity contribution in [3.63, 3.8) is 0 Å². The lowest BCUT2D eigenvalue weighted by Gasteiger charge is -2.22. The van der Waals surface area contributed by atoms with E-state index in [9.17, 15) is 5.11 Å². The maximum Gasteiger partial charge on any atom is 0.0931 e. The third-order valence-corrected chi connectivity index (χ3v) is 4.66. The molecule has 2 N–H and O–H groups in total. The van der Waals surface area contributed by atoms with Gasteiger partial charge in [-0.1, -0.05) is 38.3 Å². The Labute approximate surface area is 113 Å². The van der Waals surface area contributed by atoms with Crippen molar-refractivity contribution in [1.29, 1.82) is 0 Å². The van der Waals surface area contributed by atoms with Gasteiger partial charge < -0.3 is 10.4 Å². The summed E-state index contributed by atoms with van der Waals surface area (Å²) >= 11 is 7.49. The van der Waals surface area contributed by atoms with Crippen molar-refractivity contribution >= 4 is 22.9 Å². The minimum atomic E-state index is -0.261. The summed E-state index contributed by atoms with van der Waals surface area (Å²) in [5.41, 5.74) is 0.